The van der Waals surface area contributed by atoms with E-state index in [1.807, 2.05) is 11.8 Å². The Morgan fingerprint density at radius 2 is 1.88 bits per heavy atom. The van der Waals surface area contributed by atoms with Crippen LogP contribution in [0, 0.1) is 5.92 Å². The summed E-state index contributed by atoms with van der Waals surface area (Å²) in [4.78, 5) is 30.5. The normalized spacial score (nSPS) is 23.5. The van der Waals surface area contributed by atoms with Gasteiger partial charge in [-0.25, -0.2) is 0 Å². The molecule has 2 N–H and O–H groups in total. The maximum absolute atomic E-state index is 13.8. The van der Waals surface area contributed by atoms with E-state index in [2.05, 4.69) is 35.5 Å². The highest BCUT2D eigenvalue weighted by molar-refractivity contribution is 7.99. The lowest BCUT2D eigenvalue weighted by molar-refractivity contribution is -0.145. The van der Waals surface area contributed by atoms with E-state index in [1.165, 1.54) is 26.0 Å². The number of hydrogen-bond acceptors (Lipinski definition) is 10. The topological polar surface area (TPSA) is 139 Å². The molecule has 0 aliphatic carbocycles. The van der Waals surface area contributed by atoms with Gasteiger partial charge < -0.3 is 38.8 Å². The second-order valence-corrected chi connectivity index (χ2v) is 11.8. The van der Waals surface area contributed by atoms with Gasteiger partial charge in [-0.1, -0.05) is 32.5 Å². The number of carbonyl (C=O) groups excluding carboxylic acids is 2. The van der Waals surface area contributed by atoms with Crippen LogP contribution in [0.5, 0.6) is 0 Å². The first-order valence-electron chi connectivity index (χ1n) is 14.7. The van der Waals surface area contributed by atoms with Crippen molar-refractivity contribution in [2.75, 3.05) is 59.4 Å². The molecule has 2 amide bonds. The van der Waals surface area contributed by atoms with Crippen LogP contribution >= 0.6 is 11.8 Å². The Hall–Kier alpha value is -1.77. The van der Waals surface area contributed by atoms with Gasteiger partial charge in [0.05, 0.1) is 12.4 Å². The summed E-state index contributed by atoms with van der Waals surface area (Å²) in [7, 11) is 2.88. The second kappa shape index (κ2) is 18.7. The molecular formula is C28H51N5O7S. The van der Waals surface area contributed by atoms with Crippen molar-refractivity contribution < 1.29 is 34.0 Å². The van der Waals surface area contributed by atoms with Crippen molar-refractivity contribution in [2.45, 2.75) is 95.9 Å². The van der Waals surface area contributed by atoms with Crippen LogP contribution in [0.2, 0.25) is 0 Å². The predicted molar refractivity (Wildman–Crippen MR) is 157 cm³/mol. The molecule has 1 aromatic rings. The Bertz CT molecular complexity index is 918. The van der Waals surface area contributed by atoms with E-state index in [1.54, 1.807) is 4.90 Å². The third kappa shape index (κ3) is 11.1. The Balaban J connectivity index is 2.36. The number of ether oxygens (including phenoxy) is 3. The quantitative estimate of drug-likeness (QED) is 0.360. The molecule has 1 aliphatic heterocycles. The molecule has 0 saturated carbocycles. The smallest absolute Gasteiger partial charge is 0.248 e. The molecule has 0 bridgehead atoms. The first-order chi connectivity index (χ1) is 19.7. The molecule has 1 aliphatic rings. The Labute approximate surface area is 249 Å². The molecule has 13 heteroatoms. The molecule has 0 spiro atoms. The van der Waals surface area contributed by atoms with Crippen molar-refractivity contribution in [3.8, 4) is 0 Å². The van der Waals surface area contributed by atoms with E-state index in [4.69, 9.17) is 14.2 Å². The molecule has 1 fully saturated rings. The SMILES string of the molecule is CCCc1nnc(SCC(=O)N2CCCCOC[C@@H](O)[C@@H](O)[C@H](OC)CN(C(=O)COC)C[C@@H]2CC(C)C)n1CC. The van der Waals surface area contributed by atoms with Crippen LogP contribution in [0.25, 0.3) is 0 Å². The minimum absolute atomic E-state index is 0.0299. The summed E-state index contributed by atoms with van der Waals surface area (Å²) in [5, 5.41) is 30.7. The van der Waals surface area contributed by atoms with Crippen molar-refractivity contribution >= 4 is 23.6 Å². The van der Waals surface area contributed by atoms with Crippen LogP contribution in [-0.4, -0.2) is 130 Å². The fourth-order valence-corrected chi connectivity index (χ4v) is 5.95. The summed E-state index contributed by atoms with van der Waals surface area (Å²) >= 11 is 1.39. The number of aromatic nitrogens is 3. The molecule has 1 saturated heterocycles. The highest BCUT2D eigenvalue weighted by Crippen LogP contribution is 2.22. The van der Waals surface area contributed by atoms with Crippen LogP contribution in [0.3, 0.4) is 0 Å². The molecular weight excluding hydrogens is 550 g/mol. The van der Waals surface area contributed by atoms with Crippen LogP contribution in [0.15, 0.2) is 5.16 Å². The molecule has 1 aromatic heterocycles. The van der Waals surface area contributed by atoms with Crippen molar-refractivity contribution in [1.82, 2.24) is 24.6 Å². The summed E-state index contributed by atoms with van der Waals surface area (Å²) in [6.07, 6.45) is 0.584. The summed E-state index contributed by atoms with van der Waals surface area (Å²) < 4.78 is 18.3. The van der Waals surface area contributed by atoms with Crippen molar-refractivity contribution in [2.24, 2.45) is 5.92 Å². The Morgan fingerprint density at radius 1 is 1.12 bits per heavy atom. The number of carbonyl (C=O) groups is 2. The maximum Gasteiger partial charge on any atom is 0.248 e. The van der Waals surface area contributed by atoms with Gasteiger partial charge in [0.25, 0.3) is 0 Å². The number of nitrogens with zero attached hydrogens (tertiary/aromatic N) is 5. The average Bonchev–Trinajstić information content (AvgIpc) is 3.33. The summed E-state index contributed by atoms with van der Waals surface area (Å²) in [5.41, 5.74) is 0. The third-order valence-corrected chi connectivity index (χ3v) is 8.12. The molecule has 4 atom stereocenters. The van der Waals surface area contributed by atoms with E-state index in [0.29, 0.717) is 32.4 Å². The molecule has 2 heterocycles. The third-order valence-electron chi connectivity index (χ3n) is 7.17. The monoisotopic (exact) mass is 601 g/mol. The number of amides is 2. The van der Waals surface area contributed by atoms with E-state index in [9.17, 15) is 19.8 Å². The largest absolute Gasteiger partial charge is 0.388 e. The standard InChI is InChI=1S/C28H51N5O7S/c1-7-11-24-29-30-28(32(24)8-2)41-19-26(36)33-12-9-10-13-40-17-22(34)27(37)23(39-6)16-31(25(35)18-38-5)15-21(33)14-20(3)4/h20-23,27,34,37H,7-19H2,1-6H3/t21-,22+,23+,27+/m0/s1. The summed E-state index contributed by atoms with van der Waals surface area (Å²) in [5.74, 6) is 1.07. The van der Waals surface area contributed by atoms with E-state index >= 15 is 0 Å². The van der Waals surface area contributed by atoms with Crippen LogP contribution in [0.4, 0.5) is 0 Å². The number of hydrogen-bond donors (Lipinski definition) is 2. The van der Waals surface area contributed by atoms with Gasteiger partial charge in [0.15, 0.2) is 5.16 Å². The van der Waals surface area contributed by atoms with Gasteiger partial charge in [-0.15, -0.1) is 10.2 Å². The fourth-order valence-electron chi connectivity index (χ4n) is 5.04. The van der Waals surface area contributed by atoms with Crippen LogP contribution in [0.1, 0.15) is 59.2 Å². The zero-order chi connectivity index (χ0) is 30.4. The molecule has 0 unspecified atom stereocenters. The van der Waals surface area contributed by atoms with Crippen molar-refractivity contribution in [1.29, 1.82) is 0 Å². The fraction of sp³-hybridized carbons (Fsp3) is 0.857. The first-order valence-corrected chi connectivity index (χ1v) is 15.7. The number of aryl methyl sites for hydroxylation is 1. The number of rotatable bonds is 11. The van der Waals surface area contributed by atoms with Gasteiger partial charge in [0.2, 0.25) is 11.8 Å². The van der Waals surface area contributed by atoms with Gasteiger partial charge in [-0.05, 0) is 38.5 Å². The number of thioether (sulfide) groups is 1. The highest BCUT2D eigenvalue weighted by atomic mass is 32.2. The lowest BCUT2D eigenvalue weighted by atomic mass is 10.00. The van der Waals surface area contributed by atoms with E-state index in [0.717, 1.165) is 30.4 Å². The zero-order valence-corrected chi connectivity index (χ0v) is 26.5. The van der Waals surface area contributed by atoms with Gasteiger partial charge in [0, 0.05) is 59.5 Å². The number of aliphatic hydroxyl groups excluding tert-OH is 2. The van der Waals surface area contributed by atoms with Crippen LogP contribution in [-0.2, 0) is 36.8 Å². The molecule has 236 valence electrons. The van der Waals surface area contributed by atoms with Crippen LogP contribution < -0.4 is 0 Å². The molecule has 2 rings (SSSR count). The first kappa shape index (κ1) is 35.4. The van der Waals surface area contributed by atoms with Crippen molar-refractivity contribution in [3.05, 3.63) is 5.82 Å². The minimum Gasteiger partial charge on any atom is -0.388 e. The summed E-state index contributed by atoms with van der Waals surface area (Å²) in [6, 6.07) is -0.271. The van der Waals surface area contributed by atoms with E-state index in [-0.39, 0.29) is 55.8 Å². The van der Waals surface area contributed by atoms with Gasteiger partial charge in [-0.2, -0.15) is 0 Å². The molecule has 0 radical (unpaired) electrons. The lowest BCUT2D eigenvalue weighted by Gasteiger charge is -2.38. The lowest BCUT2D eigenvalue weighted by Crippen LogP contribution is -2.54. The Kier molecular flexibility index (Phi) is 16.2. The molecule has 0 aromatic carbocycles. The van der Waals surface area contributed by atoms with Crippen molar-refractivity contribution in [3.63, 3.8) is 0 Å². The highest BCUT2D eigenvalue weighted by Gasteiger charge is 2.33. The molecule has 41 heavy (non-hydrogen) atoms. The zero-order valence-electron chi connectivity index (χ0n) is 25.7. The number of methoxy groups -OCH3 is 2. The maximum atomic E-state index is 13.8. The Morgan fingerprint density at radius 3 is 2.51 bits per heavy atom. The predicted octanol–water partition coefficient (Wildman–Crippen LogP) is 1.61. The van der Waals surface area contributed by atoms with Gasteiger partial charge in [0.1, 0.15) is 30.7 Å². The van der Waals surface area contributed by atoms with Gasteiger partial charge >= 0.3 is 0 Å². The average molecular weight is 602 g/mol. The second-order valence-electron chi connectivity index (χ2n) is 10.9. The minimum atomic E-state index is -1.26. The molecule has 12 nitrogen and oxygen atoms in total. The summed E-state index contributed by atoms with van der Waals surface area (Å²) in [6.45, 7) is 10.0. The van der Waals surface area contributed by atoms with Gasteiger partial charge in [-0.3, -0.25) is 9.59 Å². The number of aliphatic hydroxyl groups is 2. The van der Waals surface area contributed by atoms with E-state index < -0.39 is 18.3 Å².